The first kappa shape index (κ1) is 20.4. The number of carbonyl (C=O) groups excluding carboxylic acids is 1. The third-order valence-electron chi connectivity index (χ3n) is 4.17. The van der Waals surface area contributed by atoms with Crippen LogP contribution in [0.3, 0.4) is 0 Å². The van der Waals surface area contributed by atoms with Gasteiger partial charge in [-0.25, -0.2) is 0 Å². The van der Waals surface area contributed by atoms with Crippen LogP contribution in [0, 0.1) is 0 Å². The SMILES string of the molecule is CCCCCCCCCCCCN(CC)CCCC(N)=O. The van der Waals surface area contributed by atoms with Crippen LogP contribution >= 0.6 is 0 Å². The fraction of sp³-hybridized carbons (Fsp3) is 0.944. The molecule has 0 bridgehead atoms. The summed E-state index contributed by atoms with van der Waals surface area (Å²) in [6.07, 6.45) is 15.3. The fourth-order valence-electron chi connectivity index (χ4n) is 2.73. The van der Waals surface area contributed by atoms with Crippen LogP contribution in [0.15, 0.2) is 0 Å². The minimum absolute atomic E-state index is 0.176. The number of nitrogens with zero attached hydrogens (tertiary/aromatic N) is 1. The van der Waals surface area contributed by atoms with E-state index >= 15 is 0 Å². The molecule has 0 heterocycles. The number of rotatable bonds is 16. The van der Waals surface area contributed by atoms with Crippen molar-refractivity contribution in [2.45, 2.75) is 90.9 Å². The van der Waals surface area contributed by atoms with E-state index in [2.05, 4.69) is 18.7 Å². The molecule has 0 radical (unpaired) electrons. The predicted octanol–water partition coefficient (Wildman–Crippen LogP) is 4.49. The topological polar surface area (TPSA) is 46.3 Å². The molecule has 1 amide bonds. The van der Waals surface area contributed by atoms with Crippen molar-refractivity contribution in [1.29, 1.82) is 0 Å². The molecule has 0 unspecified atom stereocenters. The van der Waals surface area contributed by atoms with Gasteiger partial charge in [0.2, 0.25) is 5.91 Å². The van der Waals surface area contributed by atoms with Gasteiger partial charge in [0.1, 0.15) is 0 Å². The number of unbranched alkanes of at least 4 members (excludes halogenated alkanes) is 9. The molecule has 0 saturated heterocycles. The van der Waals surface area contributed by atoms with Crippen LogP contribution in [0.25, 0.3) is 0 Å². The van der Waals surface area contributed by atoms with E-state index in [9.17, 15) is 4.79 Å². The van der Waals surface area contributed by atoms with E-state index in [0.717, 1.165) is 19.5 Å². The Labute approximate surface area is 132 Å². The lowest BCUT2D eigenvalue weighted by molar-refractivity contribution is -0.118. The first-order valence-corrected chi connectivity index (χ1v) is 9.21. The van der Waals surface area contributed by atoms with Gasteiger partial charge in [0.05, 0.1) is 0 Å². The number of nitrogens with two attached hydrogens (primary N) is 1. The third-order valence-corrected chi connectivity index (χ3v) is 4.17. The second-order valence-corrected chi connectivity index (χ2v) is 6.19. The Morgan fingerprint density at radius 1 is 0.762 bits per heavy atom. The van der Waals surface area contributed by atoms with Gasteiger partial charge in [-0.15, -0.1) is 0 Å². The Bertz CT molecular complexity index is 231. The minimum atomic E-state index is -0.176. The van der Waals surface area contributed by atoms with Crippen molar-refractivity contribution < 1.29 is 4.79 Å². The van der Waals surface area contributed by atoms with Crippen molar-refractivity contribution in [2.75, 3.05) is 19.6 Å². The van der Waals surface area contributed by atoms with Gasteiger partial charge < -0.3 is 10.6 Å². The maximum atomic E-state index is 10.7. The van der Waals surface area contributed by atoms with Crippen LogP contribution in [0.1, 0.15) is 90.9 Å². The number of hydrogen-bond donors (Lipinski definition) is 1. The van der Waals surface area contributed by atoms with E-state index < -0.39 is 0 Å². The zero-order valence-corrected chi connectivity index (χ0v) is 14.5. The fourth-order valence-corrected chi connectivity index (χ4v) is 2.73. The van der Waals surface area contributed by atoms with Crippen LogP contribution in [-0.2, 0) is 4.79 Å². The number of amides is 1. The molecule has 0 atom stereocenters. The van der Waals surface area contributed by atoms with E-state index in [1.807, 2.05) is 0 Å². The minimum Gasteiger partial charge on any atom is -0.370 e. The molecule has 0 aromatic rings. The lowest BCUT2D eigenvalue weighted by Crippen LogP contribution is -2.26. The zero-order valence-electron chi connectivity index (χ0n) is 14.5. The van der Waals surface area contributed by atoms with Crippen molar-refractivity contribution in [3.63, 3.8) is 0 Å². The van der Waals surface area contributed by atoms with Crippen molar-refractivity contribution >= 4 is 5.91 Å². The molecule has 0 aliphatic rings. The molecule has 0 aliphatic carbocycles. The van der Waals surface area contributed by atoms with Gasteiger partial charge in [0.25, 0.3) is 0 Å². The second-order valence-electron chi connectivity index (χ2n) is 6.19. The summed E-state index contributed by atoms with van der Waals surface area (Å²) in [5.74, 6) is -0.176. The molecule has 126 valence electrons. The average Bonchev–Trinajstić information content (AvgIpc) is 2.47. The van der Waals surface area contributed by atoms with Gasteiger partial charge in [-0.1, -0.05) is 71.6 Å². The Hall–Kier alpha value is -0.570. The molecule has 0 fully saturated rings. The van der Waals surface area contributed by atoms with E-state index in [4.69, 9.17) is 5.73 Å². The molecular weight excluding hydrogens is 260 g/mol. The van der Waals surface area contributed by atoms with E-state index in [1.165, 1.54) is 70.8 Å². The van der Waals surface area contributed by atoms with Gasteiger partial charge in [-0.05, 0) is 32.5 Å². The van der Waals surface area contributed by atoms with Gasteiger partial charge in [0.15, 0.2) is 0 Å². The Morgan fingerprint density at radius 3 is 1.71 bits per heavy atom. The zero-order chi connectivity index (χ0) is 15.8. The second kappa shape index (κ2) is 15.8. The third kappa shape index (κ3) is 15.6. The van der Waals surface area contributed by atoms with Crippen molar-refractivity contribution in [3.8, 4) is 0 Å². The summed E-state index contributed by atoms with van der Waals surface area (Å²) in [4.78, 5) is 13.2. The first-order chi connectivity index (χ1) is 10.2. The Morgan fingerprint density at radius 2 is 1.24 bits per heavy atom. The van der Waals surface area contributed by atoms with Crippen molar-refractivity contribution in [2.24, 2.45) is 5.73 Å². The molecule has 3 heteroatoms. The van der Waals surface area contributed by atoms with Crippen molar-refractivity contribution in [3.05, 3.63) is 0 Å². The van der Waals surface area contributed by atoms with E-state index in [1.54, 1.807) is 0 Å². The lowest BCUT2D eigenvalue weighted by Gasteiger charge is -2.19. The highest BCUT2D eigenvalue weighted by Gasteiger charge is 2.03. The summed E-state index contributed by atoms with van der Waals surface area (Å²) >= 11 is 0. The van der Waals surface area contributed by atoms with Crippen LogP contribution in [0.4, 0.5) is 0 Å². The maximum absolute atomic E-state index is 10.7. The Kier molecular flexibility index (Phi) is 15.4. The number of hydrogen-bond acceptors (Lipinski definition) is 2. The summed E-state index contributed by atoms with van der Waals surface area (Å²) in [5, 5.41) is 0. The molecule has 21 heavy (non-hydrogen) atoms. The Balaban J connectivity index is 3.29. The highest BCUT2D eigenvalue weighted by atomic mass is 16.1. The van der Waals surface area contributed by atoms with E-state index in [-0.39, 0.29) is 5.91 Å². The molecule has 2 N–H and O–H groups in total. The van der Waals surface area contributed by atoms with Gasteiger partial charge >= 0.3 is 0 Å². The summed E-state index contributed by atoms with van der Waals surface area (Å²) in [6, 6.07) is 0. The average molecular weight is 299 g/mol. The molecule has 0 spiro atoms. The highest BCUT2D eigenvalue weighted by molar-refractivity contribution is 5.73. The number of primary amides is 1. The number of carbonyl (C=O) groups is 1. The molecular formula is C18H38N2O. The van der Waals surface area contributed by atoms with Gasteiger partial charge in [-0.2, -0.15) is 0 Å². The largest absolute Gasteiger partial charge is 0.370 e. The predicted molar refractivity (Wildman–Crippen MR) is 92.4 cm³/mol. The molecule has 0 aromatic carbocycles. The van der Waals surface area contributed by atoms with Crippen LogP contribution in [0.2, 0.25) is 0 Å². The molecule has 3 nitrogen and oxygen atoms in total. The quantitative estimate of drug-likeness (QED) is 0.427. The highest BCUT2D eigenvalue weighted by Crippen LogP contribution is 2.10. The standard InChI is InChI=1S/C18H38N2O/c1-3-5-6-7-8-9-10-11-12-13-16-20(4-2)17-14-15-18(19)21/h3-17H2,1-2H3,(H2,19,21). The summed E-state index contributed by atoms with van der Waals surface area (Å²) in [7, 11) is 0. The summed E-state index contributed by atoms with van der Waals surface area (Å²) < 4.78 is 0. The molecule has 0 aromatic heterocycles. The first-order valence-electron chi connectivity index (χ1n) is 9.21. The summed E-state index contributed by atoms with van der Waals surface area (Å²) in [6.45, 7) is 7.73. The van der Waals surface area contributed by atoms with Crippen LogP contribution in [0.5, 0.6) is 0 Å². The van der Waals surface area contributed by atoms with Crippen LogP contribution in [-0.4, -0.2) is 30.4 Å². The van der Waals surface area contributed by atoms with Crippen molar-refractivity contribution in [1.82, 2.24) is 4.90 Å². The lowest BCUT2D eigenvalue weighted by atomic mass is 10.1. The van der Waals surface area contributed by atoms with E-state index in [0.29, 0.717) is 6.42 Å². The van der Waals surface area contributed by atoms with Gasteiger partial charge in [-0.3, -0.25) is 4.79 Å². The monoisotopic (exact) mass is 298 g/mol. The molecule has 0 saturated carbocycles. The normalized spacial score (nSPS) is 11.2. The molecule has 0 aliphatic heterocycles. The smallest absolute Gasteiger partial charge is 0.217 e. The summed E-state index contributed by atoms with van der Waals surface area (Å²) in [5.41, 5.74) is 5.17. The van der Waals surface area contributed by atoms with Crippen LogP contribution < -0.4 is 5.73 Å². The maximum Gasteiger partial charge on any atom is 0.217 e. The molecule has 0 rings (SSSR count). The van der Waals surface area contributed by atoms with Gasteiger partial charge in [0, 0.05) is 6.42 Å².